The highest BCUT2D eigenvalue weighted by molar-refractivity contribution is 5.58. The van der Waals surface area contributed by atoms with Crippen LogP contribution in [-0.4, -0.2) is 0 Å². The number of rotatable bonds is 1. The summed E-state index contributed by atoms with van der Waals surface area (Å²) in [5.74, 6) is 0. The fraction of sp³-hybridized carbons (Fsp3) is 0. The average Bonchev–Trinajstić information content (AvgIpc) is 2.12. The molecule has 0 aliphatic heterocycles. The normalized spacial score (nSPS) is 6.33. The van der Waals surface area contributed by atoms with Crippen molar-refractivity contribution in [3.8, 4) is 24.3 Å². The summed E-state index contributed by atoms with van der Waals surface area (Å²) in [7, 11) is 0. The van der Waals surface area contributed by atoms with Gasteiger partial charge in [0, 0.05) is 0 Å². The Morgan fingerprint density at radius 1 is 0.833 bits per heavy atom. The average molecular weight is 154 g/mol. The summed E-state index contributed by atoms with van der Waals surface area (Å²) in [5, 5.41) is 33.4. The van der Waals surface area contributed by atoms with Crippen molar-refractivity contribution in [1.29, 1.82) is 21.0 Å². The Hall–Kier alpha value is -2.56. The lowest BCUT2D eigenvalue weighted by atomic mass is 10.1. The van der Waals surface area contributed by atoms with E-state index in [1.807, 2.05) is 0 Å². The number of nitrogens with zero attached hydrogens (tertiary/aromatic N) is 4. The van der Waals surface area contributed by atoms with Crippen LogP contribution in [0.25, 0.3) is 0 Å². The summed E-state index contributed by atoms with van der Waals surface area (Å²) >= 11 is 0. The molecule has 0 aromatic carbocycles. The molecular formula is C8H2N4. The van der Waals surface area contributed by atoms with Gasteiger partial charge in [-0.2, -0.15) is 21.0 Å². The van der Waals surface area contributed by atoms with Gasteiger partial charge in [-0.3, -0.25) is 0 Å². The zero-order valence-corrected chi connectivity index (χ0v) is 6.00. The first-order valence-corrected chi connectivity index (χ1v) is 2.75. The molecule has 4 heteroatoms. The standard InChI is InChI=1S/C8H2N4/c1-6(2-9)8(5-12)7(3-10)4-11/h1H2. The Morgan fingerprint density at radius 2 is 1.33 bits per heavy atom. The zero-order chi connectivity index (χ0) is 9.56. The third kappa shape index (κ3) is 1.71. The smallest absolute Gasteiger partial charge is 0.148 e. The van der Waals surface area contributed by atoms with Gasteiger partial charge >= 0.3 is 0 Å². The second kappa shape index (κ2) is 4.29. The predicted octanol–water partition coefficient (Wildman–Crippen LogP) is 0.934. The van der Waals surface area contributed by atoms with E-state index in [1.54, 1.807) is 12.1 Å². The predicted molar refractivity (Wildman–Crippen MR) is 38.6 cm³/mol. The summed E-state index contributed by atoms with van der Waals surface area (Å²) < 4.78 is 0. The topological polar surface area (TPSA) is 95.2 Å². The fourth-order valence-corrected chi connectivity index (χ4v) is 0.467. The molecule has 0 aromatic heterocycles. The highest BCUT2D eigenvalue weighted by atomic mass is 14.3. The molecule has 4 nitrogen and oxygen atoms in total. The maximum atomic E-state index is 8.44. The van der Waals surface area contributed by atoms with Crippen LogP contribution in [0.4, 0.5) is 0 Å². The maximum absolute atomic E-state index is 8.44. The van der Waals surface area contributed by atoms with E-state index in [1.165, 1.54) is 12.1 Å². The lowest BCUT2D eigenvalue weighted by molar-refractivity contribution is 1.39. The van der Waals surface area contributed by atoms with Crippen molar-refractivity contribution < 1.29 is 0 Å². The molecule has 0 rings (SSSR count). The van der Waals surface area contributed by atoms with Crippen LogP contribution in [-0.2, 0) is 0 Å². The summed E-state index contributed by atoms with van der Waals surface area (Å²) in [6, 6.07) is 6.16. The molecule has 0 N–H and O–H groups in total. The Kier molecular flexibility index (Phi) is 3.37. The van der Waals surface area contributed by atoms with Crippen LogP contribution in [0, 0.1) is 45.3 Å². The molecule has 0 saturated carbocycles. The van der Waals surface area contributed by atoms with Gasteiger partial charge in [-0.1, -0.05) is 6.58 Å². The van der Waals surface area contributed by atoms with Gasteiger partial charge in [-0.05, 0) is 0 Å². The van der Waals surface area contributed by atoms with Gasteiger partial charge in [0.05, 0.1) is 17.2 Å². The van der Waals surface area contributed by atoms with E-state index in [0.717, 1.165) is 0 Å². The molecular weight excluding hydrogens is 152 g/mol. The molecule has 0 saturated heterocycles. The first kappa shape index (κ1) is 9.44. The molecule has 0 fully saturated rings. The number of hydrogen-bond acceptors (Lipinski definition) is 4. The van der Waals surface area contributed by atoms with E-state index in [0.29, 0.717) is 0 Å². The van der Waals surface area contributed by atoms with Crippen LogP contribution in [0.5, 0.6) is 0 Å². The molecule has 0 amide bonds. The molecule has 0 aromatic rings. The number of nitriles is 4. The van der Waals surface area contributed by atoms with Gasteiger partial charge in [0.2, 0.25) is 0 Å². The molecule has 0 spiro atoms. The monoisotopic (exact) mass is 154 g/mol. The van der Waals surface area contributed by atoms with Crippen LogP contribution in [0.15, 0.2) is 23.3 Å². The quantitative estimate of drug-likeness (QED) is 0.414. The molecule has 0 atom stereocenters. The van der Waals surface area contributed by atoms with Crippen LogP contribution >= 0.6 is 0 Å². The third-order valence-corrected chi connectivity index (χ3v) is 1.02. The zero-order valence-electron chi connectivity index (χ0n) is 6.00. The number of allylic oxidation sites excluding steroid dienone is 3. The third-order valence-electron chi connectivity index (χ3n) is 1.02. The summed E-state index contributed by atoms with van der Waals surface area (Å²) in [5.41, 5.74) is -0.817. The van der Waals surface area contributed by atoms with Gasteiger partial charge in [0.1, 0.15) is 23.8 Å². The van der Waals surface area contributed by atoms with Gasteiger partial charge in [-0.15, -0.1) is 0 Å². The molecule has 0 radical (unpaired) electrons. The lowest BCUT2D eigenvalue weighted by Gasteiger charge is -1.89. The fourth-order valence-electron chi connectivity index (χ4n) is 0.467. The Morgan fingerprint density at radius 3 is 1.58 bits per heavy atom. The molecule has 0 aliphatic carbocycles. The van der Waals surface area contributed by atoms with Gasteiger partial charge < -0.3 is 0 Å². The molecule has 0 aliphatic rings. The van der Waals surface area contributed by atoms with Crippen molar-refractivity contribution in [2.75, 3.05) is 0 Å². The first-order chi connectivity index (χ1) is 5.71. The minimum absolute atomic E-state index is 0.171. The van der Waals surface area contributed by atoms with E-state index in [2.05, 4.69) is 6.58 Å². The summed E-state index contributed by atoms with van der Waals surface area (Å²) in [4.78, 5) is 0. The maximum Gasteiger partial charge on any atom is 0.148 e. The SMILES string of the molecule is C=C(C#N)C(C#N)=C(C#N)C#N. The second-order valence-corrected chi connectivity index (χ2v) is 1.68. The van der Waals surface area contributed by atoms with Gasteiger partial charge in [-0.25, -0.2) is 0 Å². The number of hydrogen-bond donors (Lipinski definition) is 0. The van der Waals surface area contributed by atoms with Crippen LogP contribution < -0.4 is 0 Å². The van der Waals surface area contributed by atoms with Crippen LogP contribution in [0.1, 0.15) is 0 Å². The van der Waals surface area contributed by atoms with Crippen molar-refractivity contribution in [2.45, 2.75) is 0 Å². The summed E-state index contributed by atoms with van der Waals surface area (Å²) in [6.07, 6.45) is 0. The Balaban J connectivity index is 5.41. The Bertz CT molecular complexity index is 384. The van der Waals surface area contributed by atoms with E-state index >= 15 is 0 Å². The van der Waals surface area contributed by atoms with E-state index in [-0.39, 0.29) is 16.7 Å². The molecule has 0 unspecified atom stereocenters. The first-order valence-electron chi connectivity index (χ1n) is 2.75. The molecule has 0 bridgehead atoms. The van der Waals surface area contributed by atoms with Crippen molar-refractivity contribution in [3.05, 3.63) is 23.3 Å². The van der Waals surface area contributed by atoms with Gasteiger partial charge in [0.15, 0.2) is 0 Å². The second-order valence-electron chi connectivity index (χ2n) is 1.68. The van der Waals surface area contributed by atoms with Crippen molar-refractivity contribution in [1.82, 2.24) is 0 Å². The van der Waals surface area contributed by atoms with Crippen molar-refractivity contribution >= 4 is 0 Å². The Labute approximate surface area is 69.5 Å². The minimum atomic E-state index is -0.385. The van der Waals surface area contributed by atoms with E-state index in [9.17, 15) is 0 Å². The van der Waals surface area contributed by atoms with E-state index < -0.39 is 0 Å². The highest BCUT2D eigenvalue weighted by Gasteiger charge is 2.08. The molecule has 0 heterocycles. The van der Waals surface area contributed by atoms with Crippen molar-refractivity contribution in [2.24, 2.45) is 0 Å². The minimum Gasteiger partial charge on any atom is -0.192 e. The molecule has 54 valence electrons. The van der Waals surface area contributed by atoms with Crippen LogP contribution in [0.2, 0.25) is 0 Å². The lowest BCUT2D eigenvalue weighted by Crippen LogP contribution is -1.87. The highest BCUT2D eigenvalue weighted by Crippen LogP contribution is 2.10. The summed E-state index contributed by atoms with van der Waals surface area (Å²) in [6.45, 7) is 3.22. The molecule has 12 heavy (non-hydrogen) atoms. The van der Waals surface area contributed by atoms with Crippen molar-refractivity contribution in [3.63, 3.8) is 0 Å². The van der Waals surface area contributed by atoms with Gasteiger partial charge in [0.25, 0.3) is 0 Å². The van der Waals surface area contributed by atoms with E-state index in [4.69, 9.17) is 21.0 Å². The largest absolute Gasteiger partial charge is 0.192 e. The van der Waals surface area contributed by atoms with Crippen LogP contribution in [0.3, 0.4) is 0 Å².